The molecule has 0 amide bonds. The van der Waals surface area contributed by atoms with E-state index in [-0.39, 0.29) is 0 Å². The van der Waals surface area contributed by atoms with Gasteiger partial charge in [-0.05, 0) is 31.7 Å². The number of hydrogen-bond acceptors (Lipinski definition) is 3. The van der Waals surface area contributed by atoms with Crippen molar-refractivity contribution in [2.45, 2.75) is 33.6 Å². The fourth-order valence-electron chi connectivity index (χ4n) is 1.28. The van der Waals surface area contributed by atoms with Gasteiger partial charge in [-0.15, -0.1) is 0 Å². The van der Waals surface area contributed by atoms with Crippen molar-refractivity contribution in [3.05, 3.63) is 18.1 Å². The Hall–Kier alpha value is -1.12. The van der Waals surface area contributed by atoms with Gasteiger partial charge in [0, 0.05) is 12.7 Å². The highest BCUT2D eigenvalue weighted by Crippen LogP contribution is 2.05. The molecule has 3 heteroatoms. The third-order valence-corrected chi connectivity index (χ3v) is 2.04. The van der Waals surface area contributed by atoms with E-state index in [0.29, 0.717) is 0 Å². The summed E-state index contributed by atoms with van der Waals surface area (Å²) in [7, 11) is 0. The van der Waals surface area contributed by atoms with Crippen molar-refractivity contribution in [1.29, 1.82) is 0 Å². The first-order chi connectivity index (χ1) is 6.68. The maximum atomic E-state index is 4.27. The van der Waals surface area contributed by atoms with Crippen molar-refractivity contribution in [3.63, 3.8) is 0 Å². The van der Waals surface area contributed by atoms with Crippen LogP contribution in [-0.2, 0) is 0 Å². The zero-order valence-electron chi connectivity index (χ0n) is 9.25. The quantitative estimate of drug-likeness (QED) is 0.730. The van der Waals surface area contributed by atoms with Crippen molar-refractivity contribution < 1.29 is 0 Å². The fourth-order valence-corrected chi connectivity index (χ4v) is 1.28. The van der Waals surface area contributed by atoms with Gasteiger partial charge in [-0.2, -0.15) is 0 Å². The summed E-state index contributed by atoms with van der Waals surface area (Å²) >= 11 is 0. The van der Waals surface area contributed by atoms with Gasteiger partial charge in [-0.3, -0.25) is 0 Å². The van der Waals surface area contributed by atoms with Crippen molar-refractivity contribution in [1.82, 2.24) is 9.97 Å². The lowest BCUT2D eigenvalue weighted by Gasteiger charge is -2.07. The minimum Gasteiger partial charge on any atom is -0.370 e. The Morgan fingerprint density at radius 3 is 2.86 bits per heavy atom. The van der Waals surface area contributed by atoms with Crippen LogP contribution in [0.4, 0.5) is 5.82 Å². The minimum atomic E-state index is 0.781. The second-order valence-electron chi connectivity index (χ2n) is 3.95. The summed E-state index contributed by atoms with van der Waals surface area (Å²) in [6.07, 6.45) is 4.24. The molecule has 0 spiro atoms. The number of aryl methyl sites for hydroxylation is 1. The van der Waals surface area contributed by atoms with E-state index in [9.17, 15) is 0 Å². The molecule has 0 saturated heterocycles. The summed E-state index contributed by atoms with van der Waals surface area (Å²) in [5.41, 5.74) is 0. The summed E-state index contributed by atoms with van der Waals surface area (Å²) < 4.78 is 0. The SMILES string of the molecule is Cc1nccc(NCCCC(C)C)n1. The highest BCUT2D eigenvalue weighted by Gasteiger charge is 1.96. The van der Waals surface area contributed by atoms with Gasteiger partial charge < -0.3 is 5.32 Å². The molecule has 0 saturated carbocycles. The van der Waals surface area contributed by atoms with Crippen molar-refractivity contribution in [2.75, 3.05) is 11.9 Å². The zero-order chi connectivity index (χ0) is 10.4. The predicted molar refractivity (Wildman–Crippen MR) is 59.3 cm³/mol. The average Bonchev–Trinajstić information content (AvgIpc) is 2.12. The van der Waals surface area contributed by atoms with Gasteiger partial charge in [-0.1, -0.05) is 13.8 Å². The average molecular weight is 193 g/mol. The van der Waals surface area contributed by atoms with E-state index in [0.717, 1.165) is 24.1 Å². The monoisotopic (exact) mass is 193 g/mol. The van der Waals surface area contributed by atoms with Crippen LogP contribution in [-0.4, -0.2) is 16.5 Å². The maximum absolute atomic E-state index is 4.27. The number of nitrogens with zero attached hydrogens (tertiary/aromatic N) is 2. The Morgan fingerprint density at radius 1 is 1.43 bits per heavy atom. The lowest BCUT2D eigenvalue weighted by Crippen LogP contribution is -2.05. The van der Waals surface area contributed by atoms with Crippen LogP contribution >= 0.6 is 0 Å². The molecule has 0 radical (unpaired) electrons. The molecule has 1 aromatic heterocycles. The lowest BCUT2D eigenvalue weighted by atomic mass is 10.1. The molecule has 0 bridgehead atoms. The summed E-state index contributed by atoms with van der Waals surface area (Å²) in [6, 6.07) is 1.91. The minimum absolute atomic E-state index is 0.781. The van der Waals surface area contributed by atoms with Gasteiger partial charge in [0.1, 0.15) is 11.6 Å². The molecule has 0 aromatic carbocycles. The van der Waals surface area contributed by atoms with Gasteiger partial charge in [0.05, 0.1) is 0 Å². The molecule has 1 aromatic rings. The standard InChI is InChI=1S/C11H19N3/c1-9(2)5-4-7-13-11-6-8-12-10(3)14-11/h6,8-9H,4-5,7H2,1-3H3,(H,12,13,14). The van der Waals surface area contributed by atoms with E-state index in [2.05, 4.69) is 29.1 Å². The Kier molecular flexibility index (Phi) is 4.36. The van der Waals surface area contributed by atoms with Crippen molar-refractivity contribution in [2.24, 2.45) is 5.92 Å². The predicted octanol–water partition coefficient (Wildman–Crippen LogP) is 2.63. The first kappa shape index (κ1) is 11.0. The number of aromatic nitrogens is 2. The van der Waals surface area contributed by atoms with Gasteiger partial charge in [-0.25, -0.2) is 9.97 Å². The molecule has 78 valence electrons. The van der Waals surface area contributed by atoms with Gasteiger partial charge in [0.2, 0.25) is 0 Å². The molecule has 0 atom stereocenters. The van der Waals surface area contributed by atoms with Crippen molar-refractivity contribution >= 4 is 5.82 Å². The number of anilines is 1. The van der Waals surface area contributed by atoms with Gasteiger partial charge in [0.25, 0.3) is 0 Å². The third kappa shape index (κ3) is 4.21. The van der Waals surface area contributed by atoms with E-state index >= 15 is 0 Å². The zero-order valence-corrected chi connectivity index (χ0v) is 9.25. The van der Waals surface area contributed by atoms with Crippen LogP contribution in [0, 0.1) is 12.8 Å². The Bertz CT molecular complexity index is 271. The van der Waals surface area contributed by atoms with Gasteiger partial charge >= 0.3 is 0 Å². The van der Waals surface area contributed by atoms with Crippen LogP contribution in [0.3, 0.4) is 0 Å². The van der Waals surface area contributed by atoms with E-state index < -0.39 is 0 Å². The molecule has 14 heavy (non-hydrogen) atoms. The van der Waals surface area contributed by atoms with Crippen molar-refractivity contribution in [3.8, 4) is 0 Å². The second kappa shape index (κ2) is 5.58. The third-order valence-electron chi connectivity index (χ3n) is 2.04. The summed E-state index contributed by atoms with van der Waals surface area (Å²) in [5.74, 6) is 2.53. The number of hydrogen-bond donors (Lipinski definition) is 1. The molecule has 0 aliphatic rings. The summed E-state index contributed by atoms with van der Waals surface area (Å²) in [5, 5.41) is 3.29. The van der Waals surface area contributed by atoms with E-state index in [1.165, 1.54) is 12.8 Å². The topological polar surface area (TPSA) is 37.8 Å². The molecule has 3 nitrogen and oxygen atoms in total. The van der Waals surface area contributed by atoms with Crippen LogP contribution in [0.15, 0.2) is 12.3 Å². The second-order valence-corrected chi connectivity index (χ2v) is 3.95. The van der Waals surface area contributed by atoms with Crippen LogP contribution in [0.5, 0.6) is 0 Å². The van der Waals surface area contributed by atoms with Crippen LogP contribution in [0.2, 0.25) is 0 Å². The molecule has 1 rings (SSSR count). The van der Waals surface area contributed by atoms with E-state index in [4.69, 9.17) is 0 Å². The normalized spacial score (nSPS) is 10.6. The number of rotatable bonds is 5. The molecule has 0 fully saturated rings. The first-order valence-electron chi connectivity index (χ1n) is 5.22. The van der Waals surface area contributed by atoms with Gasteiger partial charge in [0.15, 0.2) is 0 Å². The van der Waals surface area contributed by atoms with Crippen LogP contribution in [0.25, 0.3) is 0 Å². The van der Waals surface area contributed by atoms with E-state index in [1.807, 2.05) is 13.0 Å². The largest absolute Gasteiger partial charge is 0.370 e. The maximum Gasteiger partial charge on any atom is 0.129 e. The van der Waals surface area contributed by atoms with Crippen LogP contribution in [0.1, 0.15) is 32.5 Å². The fraction of sp³-hybridized carbons (Fsp3) is 0.636. The highest BCUT2D eigenvalue weighted by molar-refractivity contribution is 5.32. The molecule has 0 aliphatic carbocycles. The lowest BCUT2D eigenvalue weighted by molar-refractivity contribution is 0.566. The molecular formula is C11H19N3. The summed E-state index contributed by atoms with van der Waals surface area (Å²) in [6.45, 7) is 7.39. The Labute approximate surface area is 86.0 Å². The molecule has 1 heterocycles. The smallest absolute Gasteiger partial charge is 0.129 e. The van der Waals surface area contributed by atoms with Crippen LogP contribution < -0.4 is 5.32 Å². The molecule has 1 N–H and O–H groups in total. The molecule has 0 aliphatic heterocycles. The Balaban J connectivity index is 2.25. The number of nitrogens with one attached hydrogen (secondary N) is 1. The molecular weight excluding hydrogens is 174 g/mol. The molecule has 0 unspecified atom stereocenters. The highest BCUT2D eigenvalue weighted by atomic mass is 15.0. The summed E-state index contributed by atoms with van der Waals surface area (Å²) in [4.78, 5) is 8.31. The van der Waals surface area contributed by atoms with E-state index in [1.54, 1.807) is 6.20 Å². The first-order valence-corrected chi connectivity index (χ1v) is 5.22. The Morgan fingerprint density at radius 2 is 2.21 bits per heavy atom.